The maximum Gasteiger partial charge on any atom is 0.276 e. The van der Waals surface area contributed by atoms with Crippen LogP contribution in [-0.4, -0.2) is 42.1 Å². The first-order valence-electron chi connectivity index (χ1n) is 4.70. The lowest BCUT2D eigenvalue weighted by Crippen LogP contribution is -2.46. The molecule has 1 saturated heterocycles. The molecule has 1 fully saturated rings. The highest BCUT2D eigenvalue weighted by Gasteiger charge is 2.21. The highest BCUT2D eigenvalue weighted by Crippen LogP contribution is 2.08. The van der Waals surface area contributed by atoms with Gasteiger partial charge in [-0.3, -0.25) is 4.79 Å². The third-order valence-corrected chi connectivity index (χ3v) is 2.35. The lowest BCUT2D eigenvalue weighted by Gasteiger charge is -2.26. The Hall–Kier alpha value is -1.36. The van der Waals surface area contributed by atoms with Crippen LogP contribution in [0, 0.1) is 6.92 Å². The average molecular weight is 195 g/mol. The van der Waals surface area contributed by atoms with Crippen LogP contribution >= 0.6 is 0 Å². The average Bonchev–Trinajstić information content (AvgIpc) is 2.65. The van der Waals surface area contributed by atoms with Crippen molar-refractivity contribution in [2.45, 2.75) is 6.92 Å². The molecule has 0 aliphatic carbocycles. The SMILES string of the molecule is Cc1conc1C(=O)N1CCNCC1. The molecule has 0 radical (unpaired) electrons. The van der Waals surface area contributed by atoms with Crippen molar-refractivity contribution < 1.29 is 9.32 Å². The fourth-order valence-electron chi connectivity index (χ4n) is 1.51. The molecular weight excluding hydrogens is 182 g/mol. The molecule has 1 aliphatic heterocycles. The summed E-state index contributed by atoms with van der Waals surface area (Å²) in [5.74, 6) is -0.0299. The van der Waals surface area contributed by atoms with Gasteiger partial charge < -0.3 is 14.7 Å². The van der Waals surface area contributed by atoms with Crippen LogP contribution in [0.15, 0.2) is 10.8 Å². The summed E-state index contributed by atoms with van der Waals surface area (Å²) >= 11 is 0. The van der Waals surface area contributed by atoms with Gasteiger partial charge in [-0.25, -0.2) is 0 Å². The van der Waals surface area contributed by atoms with Crippen molar-refractivity contribution in [3.8, 4) is 0 Å². The van der Waals surface area contributed by atoms with Crippen LogP contribution in [0.25, 0.3) is 0 Å². The van der Waals surface area contributed by atoms with Gasteiger partial charge in [-0.2, -0.15) is 0 Å². The largest absolute Gasteiger partial charge is 0.364 e. The van der Waals surface area contributed by atoms with E-state index in [1.807, 2.05) is 6.92 Å². The van der Waals surface area contributed by atoms with Crippen LogP contribution < -0.4 is 5.32 Å². The standard InChI is InChI=1S/C9H13N3O2/c1-7-6-14-11-8(7)9(13)12-4-2-10-3-5-12/h6,10H,2-5H2,1H3. The summed E-state index contributed by atoms with van der Waals surface area (Å²) in [6, 6.07) is 0. The smallest absolute Gasteiger partial charge is 0.276 e. The molecular formula is C9H13N3O2. The van der Waals surface area contributed by atoms with Crippen molar-refractivity contribution in [2.75, 3.05) is 26.2 Å². The zero-order valence-corrected chi connectivity index (χ0v) is 8.12. The Balaban J connectivity index is 2.11. The number of amides is 1. The van der Waals surface area contributed by atoms with E-state index in [1.54, 1.807) is 4.90 Å². The van der Waals surface area contributed by atoms with Crippen LogP contribution in [0.5, 0.6) is 0 Å². The van der Waals surface area contributed by atoms with Crippen molar-refractivity contribution in [1.29, 1.82) is 0 Å². The Kier molecular flexibility index (Phi) is 2.49. The molecule has 0 saturated carbocycles. The quantitative estimate of drug-likeness (QED) is 0.686. The first kappa shape index (κ1) is 9.21. The number of aryl methyl sites for hydroxylation is 1. The second-order valence-electron chi connectivity index (χ2n) is 3.39. The van der Waals surface area contributed by atoms with Gasteiger partial charge in [-0.1, -0.05) is 5.16 Å². The predicted molar refractivity (Wildman–Crippen MR) is 50.0 cm³/mol. The van der Waals surface area contributed by atoms with Gasteiger partial charge in [-0.05, 0) is 6.92 Å². The summed E-state index contributed by atoms with van der Waals surface area (Å²) in [7, 11) is 0. The monoisotopic (exact) mass is 195 g/mol. The zero-order valence-electron chi connectivity index (χ0n) is 8.12. The van der Waals surface area contributed by atoms with Crippen molar-refractivity contribution in [3.05, 3.63) is 17.5 Å². The summed E-state index contributed by atoms with van der Waals surface area (Å²) in [5.41, 5.74) is 1.24. The van der Waals surface area contributed by atoms with Gasteiger partial charge in [0.1, 0.15) is 6.26 Å². The summed E-state index contributed by atoms with van der Waals surface area (Å²) in [6.45, 7) is 5.01. The third-order valence-electron chi connectivity index (χ3n) is 2.35. The van der Waals surface area contributed by atoms with Crippen molar-refractivity contribution in [2.24, 2.45) is 0 Å². The Morgan fingerprint density at radius 3 is 2.86 bits per heavy atom. The number of hydrogen-bond donors (Lipinski definition) is 1. The van der Waals surface area contributed by atoms with E-state index in [1.165, 1.54) is 6.26 Å². The maximum absolute atomic E-state index is 11.9. The van der Waals surface area contributed by atoms with Crippen LogP contribution in [0.2, 0.25) is 0 Å². The summed E-state index contributed by atoms with van der Waals surface area (Å²) in [5, 5.41) is 6.90. The Bertz CT molecular complexity index is 329. The molecule has 2 rings (SSSR count). The number of carbonyl (C=O) groups is 1. The van der Waals surface area contributed by atoms with Gasteiger partial charge in [0.2, 0.25) is 0 Å². The number of rotatable bonds is 1. The Morgan fingerprint density at radius 2 is 2.29 bits per heavy atom. The molecule has 1 aromatic rings. The molecule has 1 aliphatic rings. The van der Waals surface area contributed by atoms with E-state index in [-0.39, 0.29) is 5.91 Å². The molecule has 0 bridgehead atoms. The summed E-state index contributed by atoms with van der Waals surface area (Å²) < 4.78 is 4.74. The number of aromatic nitrogens is 1. The summed E-state index contributed by atoms with van der Waals surface area (Å²) in [6.07, 6.45) is 1.50. The first-order valence-corrected chi connectivity index (χ1v) is 4.70. The number of nitrogens with one attached hydrogen (secondary N) is 1. The summed E-state index contributed by atoms with van der Waals surface area (Å²) in [4.78, 5) is 13.7. The number of carbonyl (C=O) groups excluding carboxylic acids is 1. The lowest BCUT2D eigenvalue weighted by atomic mass is 10.2. The van der Waals surface area contributed by atoms with Crippen LogP contribution in [-0.2, 0) is 0 Å². The second kappa shape index (κ2) is 3.79. The Morgan fingerprint density at radius 1 is 1.57 bits per heavy atom. The van der Waals surface area contributed by atoms with Gasteiger partial charge in [0.15, 0.2) is 5.69 Å². The van der Waals surface area contributed by atoms with Crippen LogP contribution in [0.1, 0.15) is 16.1 Å². The van der Waals surface area contributed by atoms with Gasteiger partial charge in [0, 0.05) is 31.7 Å². The van der Waals surface area contributed by atoms with Crippen LogP contribution in [0.3, 0.4) is 0 Å². The molecule has 0 spiro atoms. The van der Waals surface area contributed by atoms with Crippen LogP contribution in [0.4, 0.5) is 0 Å². The first-order chi connectivity index (χ1) is 6.79. The van der Waals surface area contributed by atoms with E-state index in [4.69, 9.17) is 4.52 Å². The highest BCUT2D eigenvalue weighted by atomic mass is 16.5. The van der Waals surface area contributed by atoms with E-state index < -0.39 is 0 Å². The normalized spacial score (nSPS) is 17.1. The minimum absolute atomic E-state index is 0.0299. The zero-order chi connectivity index (χ0) is 9.97. The minimum Gasteiger partial charge on any atom is -0.364 e. The molecule has 14 heavy (non-hydrogen) atoms. The van der Waals surface area contributed by atoms with Crippen molar-refractivity contribution >= 4 is 5.91 Å². The Labute approximate surface area is 82.1 Å². The number of nitrogens with zero attached hydrogens (tertiary/aromatic N) is 2. The van der Waals surface area contributed by atoms with E-state index in [0.717, 1.165) is 31.7 Å². The molecule has 1 N–H and O–H groups in total. The molecule has 2 heterocycles. The number of piperazine rings is 1. The van der Waals surface area contributed by atoms with E-state index in [2.05, 4.69) is 10.5 Å². The van der Waals surface area contributed by atoms with Gasteiger partial charge >= 0.3 is 0 Å². The molecule has 0 aromatic carbocycles. The van der Waals surface area contributed by atoms with E-state index in [0.29, 0.717) is 5.69 Å². The molecule has 0 atom stereocenters. The second-order valence-corrected chi connectivity index (χ2v) is 3.39. The molecule has 76 valence electrons. The van der Waals surface area contributed by atoms with E-state index in [9.17, 15) is 4.79 Å². The molecule has 0 unspecified atom stereocenters. The maximum atomic E-state index is 11.9. The molecule has 5 nitrogen and oxygen atoms in total. The van der Waals surface area contributed by atoms with Gasteiger partial charge in [0.25, 0.3) is 5.91 Å². The molecule has 1 amide bonds. The van der Waals surface area contributed by atoms with Gasteiger partial charge in [0.05, 0.1) is 0 Å². The fraction of sp³-hybridized carbons (Fsp3) is 0.556. The van der Waals surface area contributed by atoms with Gasteiger partial charge in [-0.15, -0.1) is 0 Å². The molecule has 1 aromatic heterocycles. The predicted octanol–water partition coefficient (Wildman–Crippen LogP) is 0.0284. The lowest BCUT2D eigenvalue weighted by molar-refractivity contribution is 0.0724. The van der Waals surface area contributed by atoms with E-state index >= 15 is 0 Å². The highest BCUT2D eigenvalue weighted by molar-refractivity contribution is 5.93. The fourth-order valence-corrected chi connectivity index (χ4v) is 1.51. The topological polar surface area (TPSA) is 58.4 Å². The molecule has 5 heteroatoms. The van der Waals surface area contributed by atoms with Crippen molar-refractivity contribution in [3.63, 3.8) is 0 Å². The minimum atomic E-state index is -0.0299. The van der Waals surface area contributed by atoms with Crippen molar-refractivity contribution in [1.82, 2.24) is 15.4 Å². The number of hydrogen-bond acceptors (Lipinski definition) is 4. The third kappa shape index (κ3) is 1.63.